The predicted molar refractivity (Wildman–Crippen MR) is 87.2 cm³/mol. The standard InChI is InChI=1S/C16H20N2O2S/c1-3-6-13-9-11-14(12-10-13)18-21(19,20)16-8-5-4-7-15(16)17-2/h4-5,7-12,17-18H,3,6H2,1-2H3. The van der Waals surface area contributed by atoms with Gasteiger partial charge in [0, 0.05) is 12.7 Å². The van der Waals surface area contributed by atoms with E-state index in [9.17, 15) is 8.42 Å². The number of nitrogens with one attached hydrogen (secondary N) is 2. The van der Waals surface area contributed by atoms with Crippen molar-refractivity contribution in [1.29, 1.82) is 0 Å². The summed E-state index contributed by atoms with van der Waals surface area (Å²) in [5, 5.41) is 2.89. The second-order valence-electron chi connectivity index (χ2n) is 4.80. The Hall–Kier alpha value is -2.01. The Morgan fingerprint density at radius 1 is 1.00 bits per heavy atom. The highest BCUT2D eigenvalue weighted by atomic mass is 32.2. The van der Waals surface area contributed by atoms with E-state index in [2.05, 4.69) is 17.0 Å². The van der Waals surface area contributed by atoms with E-state index in [4.69, 9.17) is 0 Å². The Bertz CT molecular complexity index is 694. The number of sulfonamides is 1. The Labute approximate surface area is 126 Å². The number of rotatable bonds is 6. The smallest absolute Gasteiger partial charge is 0.263 e. The summed E-state index contributed by atoms with van der Waals surface area (Å²) in [7, 11) is -1.89. The van der Waals surface area contributed by atoms with Crippen LogP contribution in [0.15, 0.2) is 53.4 Å². The van der Waals surface area contributed by atoms with Gasteiger partial charge >= 0.3 is 0 Å². The SMILES string of the molecule is CCCc1ccc(NS(=O)(=O)c2ccccc2NC)cc1. The zero-order valence-corrected chi connectivity index (χ0v) is 13.1. The molecule has 0 unspecified atom stereocenters. The lowest BCUT2D eigenvalue weighted by molar-refractivity contribution is 0.601. The molecular formula is C16H20N2O2S. The van der Waals surface area contributed by atoms with E-state index in [1.54, 1.807) is 43.4 Å². The molecule has 0 bridgehead atoms. The second kappa shape index (κ2) is 6.63. The molecule has 0 spiro atoms. The maximum Gasteiger partial charge on any atom is 0.263 e. The first-order valence-corrected chi connectivity index (χ1v) is 8.43. The molecule has 0 aromatic heterocycles. The molecule has 0 atom stereocenters. The van der Waals surface area contributed by atoms with Crippen molar-refractivity contribution in [2.24, 2.45) is 0 Å². The molecule has 0 saturated heterocycles. The van der Waals surface area contributed by atoms with Crippen molar-refractivity contribution in [3.63, 3.8) is 0 Å². The van der Waals surface area contributed by atoms with Crippen molar-refractivity contribution in [1.82, 2.24) is 0 Å². The highest BCUT2D eigenvalue weighted by Crippen LogP contribution is 2.23. The summed E-state index contributed by atoms with van der Waals surface area (Å²) in [6.45, 7) is 2.12. The molecule has 21 heavy (non-hydrogen) atoms. The maximum absolute atomic E-state index is 12.4. The number of hydrogen-bond acceptors (Lipinski definition) is 3. The lowest BCUT2D eigenvalue weighted by atomic mass is 10.1. The van der Waals surface area contributed by atoms with Crippen LogP contribution in [0.25, 0.3) is 0 Å². The molecule has 0 fully saturated rings. The highest BCUT2D eigenvalue weighted by Gasteiger charge is 2.17. The summed E-state index contributed by atoms with van der Waals surface area (Å²) >= 11 is 0. The molecule has 2 rings (SSSR count). The van der Waals surface area contributed by atoms with E-state index in [0.29, 0.717) is 11.4 Å². The van der Waals surface area contributed by atoms with Crippen LogP contribution in [0.3, 0.4) is 0 Å². The van der Waals surface area contributed by atoms with Crippen LogP contribution in [0.2, 0.25) is 0 Å². The minimum absolute atomic E-state index is 0.241. The minimum Gasteiger partial charge on any atom is -0.387 e. The average molecular weight is 304 g/mol. The zero-order valence-electron chi connectivity index (χ0n) is 12.3. The Morgan fingerprint density at radius 2 is 1.67 bits per heavy atom. The Morgan fingerprint density at radius 3 is 2.29 bits per heavy atom. The summed E-state index contributed by atoms with van der Waals surface area (Å²) in [4.78, 5) is 0.241. The molecule has 0 aliphatic carbocycles. The summed E-state index contributed by atoms with van der Waals surface area (Å²) in [5.74, 6) is 0. The van der Waals surface area contributed by atoms with Gasteiger partial charge in [-0.05, 0) is 36.2 Å². The van der Waals surface area contributed by atoms with Crippen LogP contribution in [-0.2, 0) is 16.4 Å². The molecule has 0 saturated carbocycles. The van der Waals surface area contributed by atoms with Crippen LogP contribution in [0.1, 0.15) is 18.9 Å². The van der Waals surface area contributed by atoms with E-state index >= 15 is 0 Å². The molecule has 2 aromatic carbocycles. The maximum atomic E-state index is 12.4. The number of para-hydroxylation sites is 1. The molecule has 0 aliphatic heterocycles. The van der Waals surface area contributed by atoms with Crippen LogP contribution in [0.5, 0.6) is 0 Å². The molecule has 2 N–H and O–H groups in total. The van der Waals surface area contributed by atoms with E-state index in [-0.39, 0.29) is 4.90 Å². The van der Waals surface area contributed by atoms with Crippen LogP contribution >= 0.6 is 0 Å². The third kappa shape index (κ3) is 3.76. The third-order valence-corrected chi connectivity index (χ3v) is 4.63. The number of aryl methyl sites for hydroxylation is 1. The fourth-order valence-corrected chi connectivity index (χ4v) is 3.42. The van der Waals surface area contributed by atoms with Gasteiger partial charge in [0.15, 0.2) is 0 Å². The Kier molecular flexibility index (Phi) is 4.85. The molecule has 0 radical (unpaired) electrons. The van der Waals surface area contributed by atoms with Crippen LogP contribution in [0.4, 0.5) is 11.4 Å². The van der Waals surface area contributed by atoms with Crippen molar-refractivity contribution in [2.75, 3.05) is 17.1 Å². The van der Waals surface area contributed by atoms with Gasteiger partial charge in [-0.25, -0.2) is 8.42 Å². The monoisotopic (exact) mass is 304 g/mol. The first-order valence-electron chi connectivity index (χ1n) is 6.95. The van der Waals surface area contributed by atoms with Crippen molar-refractivity contribution in [3.05, 3.63) is 54.1 Å². The van der Waals surface area contributed by atoms with Crippen LogP contribution in [-0.4, -0.2) is 15.5 Å². The van der Waals surface area contributed by atoms with Crippen molar-refractivity contribution < 1.29 is 8.42 Å². The summed E-state index contributed by atoms with van der Waals surface area (Å²) in [6.07, 6.45) is 2.07. The largest absolute Gasteiger partial charge is 0.387 e. The quantitative estimate of drug-likeness (QED) is 0.859. The van der Waals surface area contributed by atoms with Gasteiger partial charge in [0.25, 0.3) is 10.0 Å². The van der Waals surface area contributed by atoms with Crippen molar-refractivity contribution in [3.8, 4) is 0 Å². The minimum atomic E-state index is -3.59. The van der Waals surface area contributed by atoms with E-state index in [1.165, 1.54) is 5.56 Å². The van der Waals surface area contributed by atoms with Crippen molar-refractivity contribution >= 4 is 21.4 Å². The Balaban J connectivity index is 2.24. The summed E-state index contributed by atoms with van der Waals surface area (Å²) in [6, 6.07) is 14.3. The molecule has 0 aliphatic rings. The average Bonchev–Trinajstić information content (AvgIpc) is 2.49. The number of anilines is 2. The van der Waals surface area contributed by atoms with Crippen molar-refractivity contribution in [2.45, 2.75) is 24.7 Å². The van der Waals surface area contributed by atoms with Gasteiger partial charge in [-0.15, -0.1) is 0 Å². The molecule has 5 heteroatoms. The van der Waals surface area contributed by atoms with Crippen LogP contribution < -0.4 is 10.0 Å². The number of hydrogen-bond donors (Lipinski definition) is 2. The van der Waals surface area contributed by atoms with Gasteiger partial charge in [0.05, 0.1) is 5.69 Å². The van der Waals surface area contributed by atoms with Gasteiger partial charge in [-0.2, -0.15) is 0 Å². The molecular weight excluding hydrogens is 284 g/mol. The normalized spacial score (nSPS) is 11.1. The summed E-state index contributed by atoms with van der Waals surface area (Å²) < 4.78 is 27.5. The topological polar surface area (TPSA) is 58.2 Å². The third-order valence-electron chi connectivity index (χ3n) is 3.19. The fraction of sp³-hybridized carbons (Fsp3) is 0.250. The van der Waals surface area contributed by atoms with Crippen LogP contribution in [0, 0.1) is 0 Å². The first-order chi connectivity index (χ1) is 10.1. The van der Waals surface area contributed by atoms with Gasteiger partial charge in [-0.3, -0.25) is 4.72 Å². The van der Waals surface area contributed by atoms with E-state index in [0.717, 1.165) is 12.8 Å². The zero-order chi connectivity index (χ0) is 15.3. The van der Waals surface area contributed by atoms with Gasteiger partial charge in [-0.1, -0.05) is 37.6 Å². The van der Waals surface area contributed by atoms with Gasteiger partial charge in [0.1, 0.15) is 4.90 Å². The second-order valence-corrected chi connectivity index (χ2v) is 6.45. The highest BCUT2D eigenvalue weighted by molar-refractivity contribution is 7.92. The number of benzene rings is 2. The molecule has 112 valence electrons. The lowest BCUT2D eigenvalue weighted by Crippen LogP contribution is -2.14. The first kappa shape index (κ1) is 15.4. The fourth-order valence-electron chi connectivity index (χ4n) is 2.15. The van der Waals surface area contributed by atoms with E-state index in [1.807, 2.05) is 12.1 Å². The van der Waals surface area contributed by atoms with Gasteiger partial charge in [0.2, 0.25) is 0 Å². The molecule has 0 heterocycles. The van der Waals surface area contributed by atoms with Gasteiger partial charge < -0.3 is 5.32 Å². The lowest BCUT2D eigenvalue weighted by Gasteiger charge is -2.12. The molecule has 2 aromatic rings. The predicted octanol–water partition coefficient (Wildman–Crippen LogP) is 3.48. The molecule has 4 nitrogen and oxygen atoms in total. The summed E-state index contributed by atoms with van der Waals surface area (Å²) in [5.41, 5.74) is 2.35. The molecule has 0 amide bonds. The van der Waals surface area contributed by atoms with E-state index < -0.39 is 10.0 Å².